The van der Waals surface area contributed by atoms with Crippen LogP contribution in [0.3, 0.4) is 0 Å². The van der Waals surface area contributed by atoms with Gasteiger partial charge >= 0.3 is 0 Å². The highest BCUT2D eigenvalue weighted by molar-refractivity contribution is 5.79. The van der Waals surface area contributed by atoms with Gasteiger partial charge in [-0.15, -0.1) is 0 Å². The van der Waals surface area contributed by atoms with Crippen molar-refractivity contribution in [2.45, 2.75) is 44.7 Å². The zero-order chi connectivity index (χ0) is 12.5. The first kappa shape index (κ1) is 12.0. The van der Waals surface area contributed by atoms with Crippen LogP contribution in [0.15, 0.2) is 35.3 Å². The lowest BCUT2D eigenvalue weighted by Gasteiger charge is -2.21. The molecule has 0 radical (unpaired) electrons. The van der Waals surface area contributed by atoms with Gasteiger partial charge in [0.05, 0.1) is 6.04 Å². The first-order valence-electron chi connectivity index (χ1n) is 6.12. The largest absolute Gasteiger partial charge is 0.370 e. The number of nitrogens with two attached hydrogens (primary N) is 1. The summed E-state index contributed by atoms with van der Waals surface area (Å²) < 4.78 is 0. The van der Waals surface area contributed by atoms with Gasteiger partial charge in [0.15, 0.2) is 5.96 Å². The molecular weight excluding hydrogens is 210 g/mol. The molecule has 2 atom stereocenters. The monoisotopic (exact) mass is 231 g/mol. The molecule has 1 aliphatic rings. The average molecular weight is 231 g/mol. The Balaban J connectivity index is 1.94. The summed E-state index contributed by atoms with van der Waals surface area (Å²) in [7, 11) is 0. The maximum atomic E-state index is 5.88. The van der Waals surface area contributed by atoms with Crippen LogP contribution >= 0.6 is 0 Å². The van der Waals surface area contributed by atoms with Crippen LogP contribution in [0.4, 0.5) is 0 Å². The molecule has 1 saturated carbocycles. The van der Waals surface area contributed by atoms with Crippen LogP contribution in [0.25, 0.3) is 0 Å². The molecule has 0 aromatic heterocycles. The molecule has 0 amide bonds. The number of hydrogen-bond donors (Lipinski definition) is 2. The van der Waals surface area contributed by atoms with Gasteiger partial charge in [0.25, 0.3) is 0 Å². The number of hydrogen-bond acceptors (Lipinski definition) is 1. The minimum absolute atomic E-state index is 0.0231. The molecule has 17 heavy (non-hydrogen) atoms. The minimum atomic E-state index is -0.0231. The van der Waals surface area contributed by atoms with Crippen LogP contribution in [0.2, 0.25) is 0 Å². The second-order valence-corrected chi connectivity index (χ2v) is 5.71. The van der Waals surface area contributed by atoms with Gasteiger partial charge in [0, 0.05) is 11.5 Å². The Morgan fingerprint density at radius 2 is 1.94 bits per heavy atom. The summed E-state index contributed by atoms with van der Waals surface area (Å²) in [5, 5.41) is 3.19. The van der Waals surface area contributed by atoms with E-state index >= 15 is 0 Å². The van der Waals surface area contributed by atoms with Crippen LogP contribution in [0.5, 0.6) is 0 Å². The Morgan fingerprint density at radius 1 is 1.29 bits per heavy atom. The normalized spacial score (nSPS) is 24.5. The zero-order valence-corrected chi connectivity index (χ0v) is 10.8. The summed E-state index contributed by atoms with van der Waals surface area (Å²) in [6, 6.07) is 10.9. The fourth-order valence-corrected chi connectivity index (χ4v) is 1.98. The van der Waals surface area contributed by atoms with E-state index in [1.54, 1.807) is 0 Å². The second kappa shape index (κ2) is 4.40. The fraction of sp³-hybridized carbons (Fsp3) is 0.500. The molecule has 1 aromatic carbocycles. The predicted molar refractivity (Wildman–Crippen MR) is 72.1 cm³/mol. The lowest BCUT2D eigenvalue weighted by Crippen LogP contribution is -2.45. The Kier molecular flexibility index (Phi) is 3.09. The third-order valence-electron chi connectivity index (χ3n) is 2.79. The summed E-state index contributed by atoms with van der Waals surface area (Å²) in [6.45, 7) is 6.24. The van der Waals surface area contributed by atoms with E-state index in [-0.39, 0.29) is 5.54 Å². The van der Waals surface area contributed by atoms with Crippen molar-refractivity contribution < 1.29 is 0 Å². The molecule has 0 aliphatic heterocycles. The van der Waals surface area contributed by atoms with Gasteiger partial charge in [-0.3, -0.25) is 0 Å². The van der Waals surface area contributed by atoms with E-state index < -0.39 is 0 Å². The van der Waals surface area contributed by atoms with Crippen LogP contribution in [0, 0.1) is 0 Å². The number of benzene rings is 1. The van der Waals surface area contributed by atoms with Crippen molar-refractivity contribution in [1.29, 1.82) is 0 Å². The van der Waals surface area contributed by atoms with Crippen LogP contribution in [0.1, 0.15) is 38.7 Å². The topological polar surface area (TPSA) is 50.4 Å². The lowest BCUT2D eigenvalue weighted by atomic mass is 10.1. The molecule has 3 heteroatoms. The summed E-state index contributed by atoms with van der Waals surface area (Å²) in [5.41, 5.74) is 7.22. The van der Waals surface area contributed by atoms with Gasteiger partial charge in [-0.1, -0.05) is 30.3 Å². The highest BCUT2D eigenvalue weighted by atomic mass is 15.1. The summed E-state index contributed by atoms with van der Waals surface area (Å²) >= 11 is 0. The first-order chi connectivity index (χ1) is 7.96. The SMILES string of the molecule is CC(C)(C)NC(N)=NC1CC1c1ccccc1. The molecule has 3 N–H and O–H groups in total. The molecule has 0 bridgehead atoms. The third-order valence-corrected chi connectivity index (χ3v) is 2.79. The Hall–Kier alpha value is -1.51. The van der Waals surface area contributed by atoms with Crippen LogP contribution in [-0.4, -0.2) is 17.5 Å². The van der Waals surface area contributed by atoms with Crippen molar-refractivity contribution in [2.75, 3.05) is 0 Å². The lowest BCUT2D eigenvalue weighted by molar-refractivity contribution is 0.508. The molecular formula is C14H21N3. The first-order valence-corrected chi connectivity index (χ1v) is 6.12. The van der Waals surface area contributed by atoms with Crippen molar-refractivity contribution >= 4 is 5.96 Å². The molecule has 1 aliphatic carbocycles. The number of nitrogens with zero attached hydrogens (tertiary/aromatic N) is 1. The zero-order valence-electron chi connectivity index (χ0n) is 10.8. The van der Waals surface area contributed by atoms with E-state index in [1.165, 1.54) is 5.56 Å². The van der Waals surface area contributed by atoms with E-state index in [9.17, 15) is 0 Å². The van der Waals surface area contributed by atoms with E-state index in [0.717, 1.165) is 6.42 Å². The fourth-order valence-electron chi connectivity index (χ4n) is 1.98. The van der Waals surface area contributed by atoms with Gasteiger partial charge < -0.3 is 11.1 Å². The number of aliphatic imine (C=N–C) groups is 1. The quantitative estimate of drug-likeness (QED) is 0.606. The van der Waals surface area contributed by atoms with Gasteiger partial charge in [0.1, 0.15) is 0 Å². The van der Waals surface area contributed by atoms with Gasteiger partial charge in [0.2, 0.25) is 0 Å². The highest BCUT2D eigenvalue weighted by Crippen LogP contribution is 2.43. The smallest absolute Gasteiger partial charge is 0.189 e. The average Bonchev–Trinajstić information content (AvgIpc) is 2.95. The molecule has 0 spiro atoms. The van der Waals surface area contributed by atoms with Crippen molar-refractivity contribution in [3.8, 4) is 0 Å². The molecule has 1 fully saturated rings. The molecule has 2 rings (SSSR count). The van der Waals surface area contributed by atoms with Gasteiger partial charge in [-0.2, -0.15) is 0 Å². The molecule has 2 unspecified atom stereocenters. The van der Waals surface area contributed by atoms with E-state index in [0.29, 0.717) is 17.9 Å². The number of nitrogens with one attached hydrogen (secondary N) is 1. The highest BCUT2D eigenvalue weighted by Gasteiger charge is 2.38. The molecule has 0 saturated heterocycles. The predicted octanol–water partition coefficient (Wildman–Crippen LogP) is 2.25. The van der Waals surface area contributed by atoms with E-state index in [2.05, 4.69) is 55.3 Å². The van der Waals surface area contributed by atoms with Crippen LogP contribution < -0.4 is 11.1 Å². The van der Waals surface area contributed by atoms with Gasteiger partial charge in [-0.05, 0) is 32.8 Å². The number of rotatable bonds is 2. The standard InChI is InChI=1S/C14H21N3/c1-14(2,3)17-13(15)16-12-9-11(12)10-7-5-4-6-8-10/h4-8,11-12H,9H2,1-3H3,(H3,15,16,17). The van der Waals surface area contributed by atoms with Crippen molar-refractivity contribution in [1.82, 2.24) is 5.32 Å². The van der Waals surface area contributed by atoms with Crippen molar-refractivity contribution in [2.24, 2.45) is 10.7 Å². The molecule has 0 heterocycles. The Bertz CT molecular complexity index is 403. The summed E-state index contributed by atoms with van der Waals surface area (Å²) in [6.07, 6.45) is 1.11. The number of guanidine groups is 1. The van der Waals surface area contributed by atoms with Crippen molar-refractivity contribution in [3.05, 3.63) is 35.9 Å². The molecule has 92 valence electrons. The Labute approximate surface area is 103 Å². The van der Waals surface area contributed by atoms with E-state index in [4.69, 9.17) is 5.73 Å². The maximum Gasteiger partial charge on any atom is 0.189 e. The van der Waals surface area contributed by atoms with Gasteiger partial charge in [-0.25, -0.2) is 4.99 Å². The third kappa shape index (κ3) is 3.48. The minimum Gasteiger partial charge on any atom is -0.370 e. The summed E-state index contributed by atoms with van der Waals surface area (Å²) in [4.78, 5) is 4.51. The van der Waals surface area contributed by atoms with Crippen LogP contribution in [-0.2, 0) is 0 Å². The summed E-state index contributed by atoms with van der Waals surface area (Å²) in [5.74, 6) is 1.11. The molecule has 3 nitrogen and oxygen atoms in total. The molecule has 1 aromatic rings. The maximum absolute atomic E-state index is 5.88. The Morgan fingerprint density at radius 3 is 2.53 bits per heavy atom. The van der Waals surface area contributed by atoms with Crippen molar-refractivity contribution in [3.63, 3.8) is 0 Å². The second-order valence-electron chi connectivity index (χ2n) is 5.71. The van der Waals surface area contributed by atoms with E-state index in [1.807, 2.05) is 6.07 Å².